The molecule has 2 N–H and O–H groups in total. The maximum Gasteiger partial charge on any atom is 0.147 e. The van der Waals surface area contributed by atoms with Crippen LogP contribution in [0.2, 0.25) is 0 Å². The van der Waals surface area contributed by atoms with Gasteiger partial charge < -0.3 is 5.73 Å². The van der Waals surface area contributed by atoms with Crippen LogP contribution in [-0.2, 0) is 16.6 Å². The molecule has 106 valence electrons. The number of rotatable bonds is 2. The van der Waals surface area contributed by atoms with E-state index in [4.69, 9.17) is 5.73 Å². The molecule has 0 saturated heterocycles. The Labute approximate surface area is 127 Å². The molecular formula is C17H16N2OS. The molecule has 0 amide bonds. The van der Waals surface area contributed by atoms with Gasteiger partial charge in [-0.05, 0) is 41.7 Å². The van der Waals surface area contributed by atoms with Crippen LogP contribution < -0.4 is 5.73 Å². The lowest BCUT2D eigenvalue weighted by atomic mass is 9.64. The molecule has 0 unspecified atom stereocenters. The molecule has 4 rings (SSSR count). The summed E-state index contributed by atoms with van der Waals surface area (Å²) in [6, 6.07) is 3.94. The lowest BCUT2D eigenvalue weighted by molar-refractivity contribution is -0.125. The van der Waals surface area contributed by atoms with Gasteiger partial charge >= 0.3 is 0 Å². The quantitative estimate of drug-likeness (QED) is 0.865. The zero-order chi connectivity index (χ0) is 14.6. The molecule has 1 fully saturated rings. The number of nitrogens with zero attached hydrogens (tertiary/aromatic N) is 1. The molecule has 1 aromatic carbocycles. The summed E-state index contributed by atoms with van der Waals surface area (Å²) in [5, 5.41) is 2.83. The Hall–Kier alpha value is -1.94. The van der Waals surface area contributed by atoms with Crippen molar-refractivity contribution in [1.29, 1.82) is 0 Å². The average Bonchev–Trinajstić information content (AvgIpc) is 3.01. The van der Waals surface area contributed by atoms with Crippen LogP contribution in [0.3, 0.4) is 0 Å². The monoisotopic (exact) mass is 296 g/mol. The van der Waals surface area contributed by atoms with Crippen molar-refractivity contribution in [1.82, 2.24) is 4.98 Å². The maximum atomic E-state index is 12.5. The second kappa shape index (κ2) is 4.28. The fraction of sp³-hybridized carbons (Fsp3) is 0.294. The molecule has 0 atom stereocenters. The van der Waals surface area contributed by atoms with Crippen LogP contribution in [0.4, 0.5) is 5.69 Å². The van der Waals surface area contributed by atoms with Crippen molar-refractivity contribution in [3.8, 4) is 0 Å². The van der Waals surface area contributed by atoms with E-state index in [9.17, 15) is 4.79 Å². The number of carbonyl (C=O) groups is 1. The molecule has 1 heterocycles. The highest BCUT2D eigenvalue weighted by Crippen LogP contribution is 2.52. The van der Waals surface area contributed by atoms with Gasteiger partial charge in [-0.15, -0.1) is 11.3 Å². The number of aromatic nitrogens is 1. The number of hydrogen-bond acceptors (Lipinski definition) is 4. The van der Waals surface area contributed by atoms with Crippen molar-refractivity contribution in [2.24, 2.45) is 0 Å². The van der Waals surface area contributed by atoms with E-state index in [0.29, 0.717) is 17.9 Å². The SMILES string of the molecule is C=C(c1nccs1)c1cc(N)cc2c1CC(=O)C21CCC1. The summed E-state index contributed by atoms with van der Waals surface area (Å²) in [6.45, 7) is 4.18. The van der Waals surface area contributed by atoms with Gasteiger partial charge in [0, 0.05) is 29.3 Å². The predicted molar refractivity (Wildman–Crippen MR) is 85.3 cm³/mol. The molecule has 0 aliphatic heterocycles. The van der Waals surface area contributed by atoms with Gasteiger partial charge in [0.25, 0.3) is 0 Å². The highest BCUT2D eigenvalue weighted by molar-refractivity contribution is 7.10. The van der Waals surface area contributed by atoms with Gasteiger partial charge in [0.05, 0.1) is 5.41 Å². The number of ketones is 1. The predicted octanol–water partition coefficient (Wildman–Crippen LogP) is 3.33. The Balaban J connectivity index is 1.90. The summed E-state index contributed by atoms with van der Waals surface area (Å²) in [6.07, 6.45) is 5.34. The van der Waals surface area contributed by atoms with Crippen molar-refractivity contribution in [2.75, 3.05) is 5.73 Å². The fourth-order valence-electron chi connectivity index (χ4n) is 3.63. The van der Waals surface area contributed by atoms with E-state index in [1.165, 1.54) is 0 Å². The van der Waals surface area contributed by atoms with Gasteiger partial charge in [-0.25, -0.2) is 4.98 Å². The Kier molecular flexibility index (Phi) is 2.60. The lowest BCUT2D eigenvalue weighted by Gasteiger charge is -2.37. The minimum atomic E-state index is -0.247. The first kappa shape index (κ1) is 12.8. The third kappa shape index (κ3) is 1.65. The van der Waals surface area contributed by atoms with Crippen LogP contribution in [0.1, 0.15) is 41.0 Å². The minimum absolute atomic E-state index is 0.247. The second-order valence-corrected chi connectivity index (χ2v) is 6.84. The number of anilines is 1. The first-order valence-corrected chi connectivity index (χ1v) is 8.05. The summed E-state index contributed by atoms with van der Waals surface area (Å²) < 4.78 is 0. The number of fused-ring (bicyclic) bond motifs is 2. The number of nitrogen functional groups attached to an aromatic ring is 1. The molecule has 2 aromatic rings. The van der Waals surface area contributed by atoms with Gasteiger partial charge in [-0.1, -0.05) is 13.0 Å². The molecule has 1 spiro atoms. The molecular weight excluding hydrogens is 280 g/mol. The molecule has 1 aromatic heterocycles. The molecule has 21 heavy (non-hydrogen) atoms. The van der Waals surface area contributed by atoms with E-state index in [1.807, 2.05) is 17.5 Å². The topological polar surface area (TPSA) is 56.0 Å². The second-order valence-electron chi connectivity index (χ2n) is 5.95. The zero-order valence-electron chi connectivity index (χ0n) is 11.7. The number of nitrogens with two attached hydrogens (primary N) is 1. The van der Waals surface area contributed by atoms with Crippen LogP contribution in [0.5, 0.6) is 0 Å². The smallest absolute Gasteiger partial charge is 0.147 e. The third-order valence-electron chi connectivity index (χ3n) is 4.88. The van der Waals surface area contributed by atoms with E-state index in [2.05, 4.69) is 11.6 Å². The summed E-state index contributed by atoms with van der Waals surface area (Å²) in [4.78, 5) is 16.9. The van der Waals surface area contributed by atoms with Crippen LogP contribution in [0.15, 0.2) is 30.3 Å². The molecule has 0 radical (unpaired) electrons. The lowest BCUT2D eigenvalue weighted by Crippen LogP contribution is -2.39. The fourth-order valence-corrected chi connectivity index (χ4v) is 4.25. The normalized spacial score (nSPS) is 18.6. The van der Waals surface area contributed by atoms with E-state index < -0.39 is 0 Å². The van der Waals surface area contributed by atoms with Gasteiger partial charge in [-0.2, -0.15) is 0 Å². The van der Waals surface area contributed by atoms with Gasteiger partial charge in [0.2, 0.25) is 0 Å². The minimum Gasteiger partial charge on any atom is -0.399 e. The standard InChI is InChI=1S/C17H16N2OS/c1-10(16-19-5-6-21-16)12-7-11(18)8-14-13(12)9-15(20)17(14)3-2-4-17/h5-8H,1-4,9,18H2. The number of benzene rings is 1. The van der Waals surface area contributed by atoms with Gasteiger partial charge in [-0.3, -0.25) is 4.79 Å². The van der Waals surface area contributed by atoms with Crippen LogP contribution in [0.25, 0.3) is 5.57 Å². The van der Waals surface area contributed by atoms with Crippen molar-refractivity contribution in [3.05, 3.63) is 52.0 Å². The first-order chi connectivity index (χ1) is 10.1. The molecule has 1 saturated carbocycles. The number of carbonyl (C=O) groups excluding carboxylic acids is 1. The number of hydrogen-bond donors (Lipinski definition) is 1. The summed E-state index contributed by atoms with van der Waals surface area (Å²) >= 11 is 1.56. The Bertz CT molecular complexity index is 757. The molecule has 2 aliphatic rings. The van der Waals surface area contributed by atoms with E-state index in [1.54, 1.807) is 17.5 Å². The summed E-state index contributed by atoms with van der Waals surface area (Å²) in [5.74, 6) is 0.350. The average molecular weight is 296 g/mol. The largest absolute Gasteiger partial charge is 0.399 e. The van der Waals surface area contributed by atoms with Crippen LogP contribution >= 0.6 is 11.3 Å². The molecule has 3 nitrogen and oxygen atoms in total. The first-order valence-electron chi connectivity index (χ1n) is 7.17. The van der Waals surface area contributed by atoms with Gasteiger partial charge in [0.15, 0.2) is 0 Å². The van der Waals surface area contributed by atoms with Gasteiger partial charge in [0.1, 0.15) is 10.8 Å². The van der Waals surface area contributed by atoms with Crippen LogP contribution in [0, 0.1) is 0 Å². The zero-order valence-corrected chi connectivity index (χ0v) is 12.5. The molecule has 4 heteroatoms. The maximum absolute atomic E-state index is 12.5. The Morgan fingerprint density at radius 1 is 1.38 bits per heavy atom. The summed E-state index contributed by atoms with van der Waals surface area (Å²) in [5.41, 5.74) is 10.7. The van der Waals surface area contributed by atoms with Crippen molar-refractivity contribution < 1.29 is 4.79 Å². The third-order valence-corrected chi connectivity index (χ3v) is 5.71. The molecule has 0 bridgehead atoms. The van der Waals surface area contributed by atoms with Crippen molar-refractivity contribution in [2.45, 2.75) is 31.1 Å². The Morgan fingerprint density at radius 3 is 2.81 bits per heavy atom. The Morgan fingerprint density at radius 2 is 2.19 bits per heavy atom. The van der Waals surface area contributed by atoms with Crippen LogP contribution in [-0.4, -0.2) is 10.8 Å². The van der Waals surface area contributed by atoms with E-state index in [0.717, 1.165) is 46.5 Å². The molecule has 2 aliphatic carbocycles. The summed E-state index contributed by atoms with van der Waals surface area (Å²) in [7, 11) is 0. The van der Waals surface area contributed by atoms with E-state index in [-0.39, 0.29) is 5.41 Å². The number of Topliss-reactive ketones (excluding diaryl/α,β-unsaturated/α-hetero) is 1. The van der Waals surface area contributed by atoms with Crippen molar-refractivity contribution >= 4 is 28.4 Å². The van der Waals surface area contributed by atoms with Crippen molar-refractivity contribution in [3.63, 3.8) is 0 Å². The highest BCUT2D eigenvalue weighted by atomic mass is 32.1. The highest BCUT2D eigenvalue weighted by Gasteiger charge is 2.51. The number of thiazole rings is 1. The van der Waals surface area contributed by atoms with E-state index >= 15 is 0 Å².